The molecule has 5 nitrogen and oxygen atoms in total. The summed E-state index contributed by atoms with van der Waals surface area (Å²) < 4.78 is 28.9. The molecule has 0 aromatic heterocycles. The van der Waals surface area contributed by atoms with Gasteiger partial charge in [0.2, 0.25) is 0 Å². The second kappa shape index (κ2) is 8.05. The molecule has 1 saturated carbocycles. The third kappa shape index (κ3) is 4.43. The van der Waals surface area contributed by atoms with E-state index in [1.54, 1.807) is 4.90 Å². The van der Waals surface area contributed by atoms with Crippen LogP contribution in [0.5, 0.6) is 0 Å². The SMILES string of the molecule is NC(=S)NN=Cc1cc(F)c(N2CCN(C3CCCC3)CC2)c(F)c1. The van der Waals surface area contributed by atoms with Gasteiger partial charge >= 0.3 is 0 Å². The van der Waals surface area contributed by atoms with Crippen LogP contribution in [-0.2, 0) is 0 Å². The lowest BCUT2D eigenvalue weighted by Crippen LogP contribution is -2.50. The fraction of sp³-hybridized carbons (Fsp3) is 0.529. The predicted molar refractivity (Wildman–Crippen MR) is 99.9 cm³/mol. The summed E-state index contributed by atoms with van der Waals surface area (Å²) in [5.41, 5.74) is 7.96. The van der Waals surface area contributed by atoms with Crippen LogP contribution >= 0.6 is 12.2 Å². The first kappa shape index (κ1) is 18.0. The van der Waals surface area contributed by atoms with Crippen LogP contribution in [0, 0.1) is 11.6 Å². The van der Waals surface area contributed by atoms with Crippen molar-refractivity contribution in [3.63, 3.8) is 0 Å². The Bertz CT molecular complexity index is 629. The molecule has 3 rings (SSSR count). The summed E-state index contributed by atoms with van der Waals surface area (Å²) in [6.45, 7) is 2.98. The molecular formula is C17H23F2N5S. The van der Waals surface area contributed by atoms with Crippen LogP contribution < -0.4 is 16.1 Å². The zero-order valence-electron chi connectivity index (χ0n) is 14.0. The van der Waals surface area contributed by atoms with E-state index in [1.165, 1.54) is 44.0 Å². The first-order valence-corrected chi connectivity index (χ1v) is 9.02. The Morgan fingerprint density at radius 1 is 1.16 bits per heavy atom. The minimum absolute atomic E-state index is 0.00560. The number of nitrogens with zero attached hydrogens (tertiary/aromatic N) is 3. The maximum atomic E-state index is 14.5. The molecule has 0 amide bonds. The molecule has 1 aliphatic heterocycles. The van der Waals surface area contributed by atoms with Gasteiger partial charge in [0, 0.05) is 37.8 Å². The summed E-state index contributed by atoms with van der Waals surface area (Å²) in [5.74, 6) is -1.16. The van der Waals surface area contributed by atoms with Gasteiger partial charge in [-0.15, -0.1) is 0 Å². The molecule has 8 heteroatoms. The van der Waals surface area contributed by atoms with Gasteiger partial charge in [0.25, 0.3) is 0 Å². The highest BCUT2D eigenvalue weighted by Crippen LogP contribution is 2.28. The van der Waals surface area contributed by atoms with Gasteiger partial charge in [0.1, 0.15) is 17.3 Å². The fourth-order valence-corrected chi connectivity index (χ4v) is 3.76. The summed E-state index contributed by atoms with van der Waals surface area (Å²) in [7, 11) is 0. The van der Waals surface area contributed by atoms with E-state index in [9.17, 15) is 8.78 Å². The average molecular weight is 367 g/mol. The molecule has 136 valence electrons. The quantitative estimate of drug-likeness (QED) is 0.485. The minimum Gasteiger partial charge on any atom is -0.375 e. The number of anilines is 1. The van der Waals surface area contributed by atoms with Crippen molar-refractivity contribution in [2.24, 2.45) is 10.8 Å². The molecule has 25 heavy (non-hydrogen) atoms. The molecule has 0 atom stereocenters. The largest absolute Gasteiger partial charge is 0.375 e. The molecular weight excluding hydrogens is 344 g/mol. The second-order valence-corrected chi connectivity index (χ2v) is 6.97. The number of halogens is 2. The lowest BCUT2D eigenvalue weighted by molar-refractivity contribution is 0.187. The smallest absolute Gasteiger partial charge is 0.184 e. The summed E-state index contributed by atoms with van der Waals surface area (Å²) in [5, 5.41) is 3.72. The molecule has 0 spiro atoms. The molecule has 2 aliphatic rings. The standard InChI is InChI=1S/C17H23F2N5S/c18-14-9-12(11-21-22-17(20)25)10-15(19)16(14)24-7-5-23(6-8-24)13-3-1-2-4-13/h9-11,13H,1-8H2,(H3,20,22,25). The number of hydrogen-bond donors (Lipinski definition) is 2. The van der Waals surface area contributed by atoms with Crippen LogP contribution in [-0.4, -0.2) is 48.4 Å². The molecule has 2 fully saturated rings. The van der Waals surface area contributed by atoms with E-state index in [-0.39, 0.29) is 10.8 Å². The number of benzene rings is 1. The van der Waals surface area contributed by atoms with Crippen molar-refractivity contribution >= 4 is 29.2 Å². The van der Waals surface area contributed by atoms with E-state index >= 15 is 0 Å². The maximum absolute atomic E-state index is 14.5. The number of hydrogen-bond acceptors (Lipinski definition) is 4. The number of nitrogens with one attached hydrogen (secondary N) is 1. The van der Waals surface area contributed by atoms with E-state index in [0.29, 0.717) is 24.7 Å². The fourth-order valence-electron chi connectivity index (χ4n) is 3.71. The van der Waals surface area contributed by atoms with Crippen LogP contribution in [0.15, 0.2) is 17.2 Å². The third-order valence-corrected chi connectivity index (χ3v) is 4.99. The lowest BCUT2D eigenvalue weighted by atomic mass is 10.1. The Kier molecular flexibility index (Phi) is 5.80. The summed E-state index contributed by atoms with van der Waals surface area (Å²) in [6, 6.07) is 3.19. The van der Waals surface area contributed by atoms with Gasteiger partial charge < -0.3 is 10.6 Å². The zero-order valence-corrected chi connectivity index (χ0v) is 14.9. The zero-order chi connectivity index (χ0) is 17.8. The van der Waals surface area contributed by atoms with Crippen molar-refractivity contribution in [2.75, 3.05) is 31.1 Å². The highest BCUT2D eigenvalue weighted by Gasteiger charge is 2.28. The van der Waals surface area contributed by atoms with Gasteiger partial charge in [-0.3, -0.25) is 10.3 Å². The van der Waals surface area contributed by atoms with Gasteiger partial charge in [-0.1, -0.05) is 12.8 Å². The average Bonchev–Trinajstić information content (AvgIpc) is 3.09. The van der Waals surface area contributed by atoms with E-state index in [2.05, 4.69) is 27.6 Å². The Balaban J connectivity index is 1.66. The van der Waals surface area contributed by atoms with Gasteiger partial charge in [0.15, 0.2) is 5.11 Å². The molecule has 1 aromatic carbocycles. The summed E-state index contributed by atoms with van der Waals surface area (Å²) in [6.07, 6.45) is 6.36. The highest BCUT2D eigenvalue weighted by molar-refractivity contribution is 7.80. The van der Waals surface area contributed by atoms with Crippen molar-refractivity contribution in [2.45, 2.75) is 31.7 Å². The molecule has 0 radical (unpaired) electrons. The van der Waals surface area contributed by atoms with Gasteiger partial charge in [-0.05, 0) is 37.2 Å². The number of rotatable bonds is 4. The van der Waals surface area contributed by atoms with Crippen LogP contribution in [0.3, 0.4) is 0 Å². The van der Waals surface area contributed by atoms with Gasteiger partial charge in [0.05, 0.1) is 6.21 Å². The molecule has 0 bridgehead atoms. The normalized spacial score (nSPS) is 19.7. The minimum atomic E-state index is -0.578. The van der Waals surface area contributed by atoms with E-state index in [0.717, 1.165) is 13.1 Å². The number of piperazine rings is 1. The molecule has 1 aliphatic carbocycles. The van der Waals surface area contributed by atoms with Gasteiger partial charge in [-0.25, -0.2) is 8.78 Å². The van der Waals surface area contributed by atoms with Crippen molar-refractivity contribution in [3.05, 3.63) is 29.3 Å². The van der Waals surface area contributed by atoms with E-state index in [1.807, 2.05) is 0 Å². The molecule has 3 N–H and O–H groups in total. The number of nitrogens with two attached hydrogens (primary N) is 1. The Hall–Kier alpha value is -1.80. The van der Waals surface area contributed by atoms with E-state index in [4.69, 9.17) is 5.73 Å². The van der Waals surface area contributed by atoms with Crippen molar-refractivity contribution in [3.8, 4) is 0 Å². The Morgan fingerprint density at radius 3 is 2.32 bits per heavy atom. The van der Waals surface area contributed by atoms with Crippen molar-refractivity contribution in [1.82, 2.24) is 10.3 Å². The maximum Gasteiger partial charge on any atom is 0.184 e. The predicted octanol–water partition coefficient (Wildman–Crippen LogP) is 2.20. The summed E-state index contributed by atoms with van der Waals surface area (Å²) in [4.78, 5) is 4.26. The van der Waals surface area contributed by atoms with Crippen LogP contribution in [0.25, 0.3) is 0 Å². The number of thiocarbonyl (C=S) groups is 1. The molecule has 1 aromatic rings. The topological polar surface area (TPSA) is 56.9 Å². The molecule has 1 saturated heterocycles. The van der Waals surface area contributed by atoms with Crippen molar-refractivity contribution < 1.29 is 8.78 Å². The van der Waals surface area contributed by atoms with Crippen molar-refractivity contribution in [1.29, 1.82) is 0 Å². The number of hydrazone groups is 1. The third-order valence-electron chi connectivity index (χ3n) is 4.90. The monoisotopic (exact) mass is 367 g/mol. The highest BCUT2D eigenvalue weighted by atomic mass is 32.1. The second-order valence-electron chi connectivity index (χ2n) is 6.53. The van der Waals surface area contributed by atoms with Crippen LogP contribution in [0.1, 0.15) is 31.2 Å². The molecule has 0 unspecified atom stereocenters. The Morgan fingerprint density at radius 2 is 1.76 bits per heavy atom. The molecule has 1 heterocycles. The van der Waals surface area contributed by atoms with E-state index < -0.39 is 11.6 Å². The van der Waals surface area contributed by atoms with Gasteiger partial charge in [-0.2, -0.15) is 5.10 Å². The van der Waals surface area contributed by atoms with Crippen LogP contribution in [0.2, 0.25) is 0 Å². The summed E-state index contributed by atoms with van der Waals surface area (Å²) >= 11 is 4.61. The van der Waals surface area contributed by atoms with Crippen LogP contribution in [0.4, 0.5) is 14.5 Å². The lowest BCUT2D eigenvalue weighted by Gasteiger charge is -2.39. The Labute approximate surface area is 151 Å². The first-order valence-electron chi connectivity index (χ1n) is 8.61. The first-order chi connectivity index (χ1) is 12.0.